The number of carbonyl (C=O) groups is 1. The van der Waals surface area contributed by atoms with E-state index in [1.165, 1.54) is 0 Å². The molecule has 0 fully saturated rings. The minimum absolute atomic E-state index is 0.0369. The van der Waals surface area contributed by atoms with Crippen LogP contribution in [-0.4, -0.2) is 25.0 Å². The van der Waals surface area contributed by atoms with Gasteiger partial charge in [-0.2, -0.15) is 0 Å². The van der Waals surface area contributed by atoms with Crippen molar-refractivity contribution in [2.45, 2.75) is 13.1 Å². The van der Waals surface area contributed by atoms with Crippen LogP contribution in [0, 0.1) is 0 Å². The fraction of sp³-hybridized carbons (Fsp3) is 0.235. The number of carbonyl (C=O) groups excluding carboxylic acids is 1. The van der Waals surface area contributed by atoms with E-state index in [0.717, 1.165) is 11.1 Å². The molecular weight excluding hydrogens is 266 g/mol. The zero-order valence-corrected chi connectivity index (χ0v) is 12.1. The van der Waals surface area contributed by atoms with Crippen molar-refractivity contribution in [2.75, 3.05) is 14.2 Å². The van der Waals surface area contributed by atoms with Crippen LogP contribution in [0.3, 0.4) is 0 Å². The molecule has 3 rings (SSSR count). The van der Waals surface area contributed by atoms with Crippen LogP contribution in [0.2, 0.25) is 0 Å². The molecule has 2 aromatic rings. The van der Waals surface area contributed by atoms with Gasteiger partial charge in [0.1, 0.15) is 0 Å². The summed E-state index contributed by atoms with van der Waals surface area (Å²) >= 11 is 0. The van der Waals surface area contributed by atoms with Crippen LogP contribution in [0.4, 0.5) is 0 Å². The molecule has 1 amide bonds. The summed E-state index contributed by atoms with van der Waals surface area (Å²) in [5.41, 5.74) is 2.80. The predicted molar refractivity (Wildman–Crippen MR) is 79.6 cm³/mol. The maximum atomic E-state index is 12.5. The van der Waals surface area contributed by atoms with Gasteiger partial charge in [-0.05, 0) is 23.3 Å². The highest BCUT2D eigenvalue weighted by atomic mass is 16.5. The number of ether oxygens (including phenoxy) is 2. The van der Waals surface area contributed by atoms with Crippen LogP contribution in [0.15, 0.2) is 42.5 Å². The number of nitrogens with zero attached hydrogens (tertiary/aromatic N) is 1. The molecule has 0 bridgehead atoms. The summed E-state index contributed by atoms with van der Waals surface area (Å²) in [5, 5.41) is 0. The van der Waals surface area contributed by atoms with E-state index in [9.17, 15) is 4.79 Å². The highest BCUT2D eigenvalue weighted by molar-refractivity contribution is 5.99. The fourth-order valence-electron chi connectivity index (χ4n) is 2.63. The number of hydrogen-bond donors (Lipinski definition) is 0. The molecule has 4 heteroatoms. The summed E-state index contributed by atoms with van der Waals surface area (Å²) in [6, 6.07) is 13.6. The lowest BCUT2D eigenvalue weighted by Crippen LogP contribution is -2.23. The zero-order valence-electron chi connectivity index (χ0n) is 12.1. The molecule has 21 heavy (non-hydrogen) atoms. The Bertz CT molecular complexity index is 667. The van der Waals surface area contributed by atoms with Crippen LogP contribution in [-0.2, 0) is 13.1 Å². The smallest absolute Gasteiger partial charge is 0.254 e. The number of benzene rings is 2. The first kappa shape index (κ1) is 13.5. The molecule has 0 aromatic heterocycles. The summed E-state index contributed by atoms with van der Waals surface area (Å²) in [4.78, 5) is 14.3. The van der Waals surface area contributed by atoms with E-state index in [2.05, 4.69) is 0 Å². The Morgan fingerprint density at radius 1 is 1.05 bits per heavy atom. The Morgan fingerprint density at radius 3 is 2.38 bits per heavy atom. The van der Waals surface area contributed by atoms with Gasteiger partial charge in [0.05, 0.1) is 14.2 Å². The second-order valence-corrected chi connectivity index (χ2v) is 5.01. The maximum Gasteiger partial charge on any atom is 0.254 e. The Balaban J connectivity index is 1.88. The van der Waals surface area contributed by atoms with Crippen molar-refractivity contribution in [1.29, 1.82) is 0 Å². The predicted octanol–water partition coefficient (Wildman–Crippen LogP) is 2.86. The molecular formula is C17H17NO3. The molecule has 4 nitrogen and oxygen atoms in total. The van der Waals surface area contributed by atoms with E-state index < -0.39 is 0 Å². The topological polar surface area (TPSA) is 38.8 Å². The van der Waals surface area contributed by atoms with E-state index in [4.69, 9.17) is 9.47 Å². The van der Waals surface area contributed by atoms with Crippen molar-refractivity contribution in [2.24, 2.45) is 0 Å². The first-order valence-electron chi connectivity index (χ1n) is 6.81. The van der Waals surface area contributed by atoms with Crippen molar-refractivity contribution in [1.82, 2.24) is 4.90 Å². The number of amides is 1. The first-order chi connectivity index (χ1) is 10.2. The Hall–Kier alpha value is -2.49. The minimum atomic E-state index is 0.0369. The average Bonchev–Trinajstić information content (AvgIpc) is 2.82. The van der Waals surface area contributed by atoms with Crippen LogP contribution in [0.5, 0.6) is 11.5 Å². The molecule has 0 spiro atoms. The van der Waals surface area contributed by atoms with Crippen LogP contribution in [0.1, 0.15) is 21.5 Å². The molecule has 0 aliphatic carbocycles. The molecule has 0 saturated heterocycles. The van der Waals surface area contributed by atoms with Crippen molar-refractivity contribution >= 4 is 5.91 Å². The lowest BCUT2D eigenvalue weighted by atomic mass is 10.1. The van der Waals surface area contributed by atoms with Gasteiger partial charge in [0, 0.05) is 18.7 Å². The van der Waals surface area contributed by atoms with Crippen molar-refractivity contribution in [3.8, 4) is 11.5 Å². The molecule has 1 aliphatic heterocycles. The third-order valence-electron chi connectivity index (χ3n) is 3.70. The Morgan fingerprint density at radius 2 is 1.71 bits per heavy atom. The van der Waals surface area contributed by atoms with Crippen molar-refractivity contribution in [3.63, 3.8) is 0 Å². The van der Waals surface area contributed by atoms with Gasteiger partial charge in [0.2, 0.25) is 0 Å². The first-order valence-corrected chi connectivity index (χ1v) is 6.81. The summed E-state index contributed by atoms with van der Waals surface area (Å²) in [6.45, 7) is 1.21. The van der Waals surface area contributed by atoms with Gasteiger partial charge in [-0.15, -0.1) is 0 Å². The zero-order chi connectivity index (χ0) is 14.8. The van der Waals surface area contributed by atoms with Gasteiger partial charge in [0.15, 0.2) is 11.5 Å². The summed E-state index contributed by atoms with van der Waals surface area (Å²) in [7, 11) is 3.17. The summed E-state index contributed by atoms with van der Waals surface area (Å²) in [5.74, 6) is 1.28. The van der Waals surface area contributed by atoms with E-state index in [0.29, 0.717) is 30.2 Å². The van der Waals surface area contributed by atoms with Gasteiger partial charge in [-0.3, -0.25) is 4.79 Å². The van der Waals surface area contributed by atoms with Gasteiger partial charge in [-0.1, -0.05) is 30.3 Å². The lowest BCUT2D eigenvalue weighted by Gasteiger charge is -2.15. The second-order valence-electron chi connectivity index (χ2n) is 5.01. The number of methoxy groups -OCH3 is 2. The molecule has 1 aliphatic rings. The van der Waals surface area contributed by atoms with E-state index in [1.54, 1.807) is 20.3 Å². The lowest BCUT2D eigenvalue weighted by molar-refractivity contribution is 0.0766. The van der Waals surface area contributed by atoms with Crippen LogP contribution < -0.4 is 9.47 Å². The quantitative estimate of drug-likeness (QED) is 0.866. The highest BCUT2D eigenvalue weighted by Gasteiger charge is 2.29. The Labute approximate surface area is 123 Å². The molecule has 0 N–H and O–H groups in total. The highest BCUT2D eigenvalue weighted by Crippen LogP contribution is 2.35. The maximum absolute atomic E-state index is 12.5. The largest absolute Gasteiger partial charge is 0.493 e. The van der Waals surface area contributed by atoms with Crippen LogP contribution >= 0.6 is 0 Å². The molecule has 0 radical (unpaired) electrons. The third kappa shape index (κ3) is 2.44. The van der Waals surface area contributed by atoms with E-state index in [-0.39, 0.29) is 5.91 Å². The average molecular weight is 283 g/mol. The standard InChI is InChI=1S/C17H17NO3/c1-20-15-8-13-11-18(10-12-6-4-3-5-7-12)17(19)14(13)9-16(15)21-2/h3-9H,10-11H2,1-2H3. The molecule has 108 valence electrons. The van der Waals surface area contributed by atoms with E-state index >= 15 is 0 Å². The number of fused-ring (bicyclic) bond motifs is 1. The normalized spacial score (nSPS) is 13.2. The summed E-state index contributed by atoms with van der Waals surface area (Å²) in [6.07, 6.45) is 0. The van der Waals surface area contributed by atoms with Crippen LogP contribution in [0.25, 0.3) is 0 Å². The minimum Gasteiger partial charge on any atom is -0.493 e. The van der Waals surface area contributed by atoms with Gasteiger partial charge >= 0.3 is 0 Å². The molecule has 0 atom stereocenters. The fourth-order valence-corrected chi connectivity index (χ4v) is 2.63. The van der Waals surface area contributed by atoms with Crippen molar-refractivity contribution < 1.29 is 14.3 Å². The van der Waals surface area contributed by atoms with Gasteiger partial charge < -0.3 is 14.4 Å². The van der Waals surface area contributed by atoms with Crippen molar-refractivity contribution in [3.05, 3.63) is 59.2 Å². The SMILES string of the molecule is COc1cc2c(cc1OC)C(=O)N(Cc1ccccc1)C2. The van der Waals surface area contributed by atoms with Gasteiger partial charge in [0.25, 0.3) is 5.91 Å². The molecule has 2 aromatic carbocycles. The summed E-state index contributed by atoms with van der Waals surface area (Å²) < 4.78 is 10.6. The van der Waals surface area contributed by atoms with E-state index in [1.807, 2.05) is 41.3 Å². The second kappa shape index (κ2) is 5.48. The Kier molecular flexibility index (Phi) is 3.52. The number of rotatable bonds is 4. The number of hydrogen-bond acceptors (Lipinski definition) is 3. The molecule has 0 saturated carbocycles. The molecule has 0 unspecified atom stereocenters. The van der Waals surface area contributed by atoms with Gasteiger partial charge in [-0.25, -0.2) is 0 Å². The third-order valence-corrected chi connectivity index (χ3v) is 3.70. The molecule has 1 heterocycles. The monoisotopic (exact) mass is 283 g/mol.